The molecule has 0 heterocycles. The molecule has 0 aliphatic heterocycles. The van der Waals surface area contributed by atoms with E-state index in [2.05, 4.69) is 33.9 Å². The van der Waals surface area contributed by atoms with Crippen LogP contribution in [0.3, 0.4) is 0 Å². The molecule has 1 aliphatic rings. The van der Waals surface area contributed by atoms with Crippen LogP contribution in [0.25, 0.3) is 0 Å². The molecule has 1 N–H and O–H groups in total. The maximum Gasteiger partial charge on any atom is 0.192 e. The van der Waals surface area contributed by atoms with Gasteiger partial charge in [-0.1, -0.05) is 112 Å². The average Bonchev–Trinajstić information content (AvgIpc) is 2.96. The van der Waals surface area contributed by atoms with Crippen molar-refractivity contribution in [2.45, 2.75) is 100.0 Å². The fourth-order valence-corrected chi connectivity index (χ4v) is 6.77. The van der Waals surface area contributed by atoms with Crippen LogP contribution in [0.4, 0.5) is 0 Å². The molecule has 42 heavy (non-hydrogen) atoms. The zero-order valence-corrected chi connectivity index (χ0v) is 27.7. The molecule has 1 fully saturated rings. The Morgan fingerprint density at radius 3 is 1.55 bits per heavy atom. The van der Waals surface area contributed by atoms with Crippen molar-refractivity contribution in [3.05, 3.63) is 108 Å². The normalized spacial score (nSPS) is 25.1. The van der Waals surface area contributed by atoms with Gasteiger partial charge in [-0.3, -0.25) is 0 Å². The van der Waals surface area contributed by atoms with Gasteiger partial charge in [0.05, 0.1) is 25.9 Å². The van der Waals surface area contributed by atoms with E-state index in [9.17, 15) is 5.11 Å². The van der Waals surface area contributed by atoms with Gasteiger partial charge in [0.1, 0.15) is 28.7 Å². The van der Waals surface area contributed by atoms with Crippen molar-refractivity contribution in [2.75, 3.05) is 0 Å². The quantitative estimate of drug-likeness (QED) is 0.162. The predicted octanol–water partition coefficient (Wildman–Crippen LogP) is 8.07. The molecule has 0 amide bonds. The zero-order chi connectivity index (χ0) is 30.4. The van der Waals surface area contributed by atoms with Gasteiger partial charge in [-0.05, 0) is 34.8 Å². The first-order chi connectivity index (χ1) is 19.9. The summed E-state index contributed by atoms with van der Waals surface area (Å²) in [6.07, 6.45) is -2.57. The Labute approximate surface area is 262 Å². The smallest absolute Gasteiger partial charge is 0.192 e. The third-order valence-corrected chi connectivity index (χ3v) is 13.7. The van der Waals surface area contributed by atoms with Gasteiger partial charge < -0.3 is 23.7 Å². The van der Waals surface area contributed by atoms with Crippen LogP contribution in [0.5, 0.6) is 0 Å². The molecule has 0 radical (unpaired) electrons. The molecule has 5 atom stereocenters. The molecule has 228 valence electrons. The van der Waals surface area contributed by atoms with Gasteiger partial charge in [-0.25, -0.2) is 0 Å². The molecule has 0 bridgehead atoms. The summed E-state index contributed by atoms with van der Waals surface area (Å²) < 4.78 is 26.8. The molecule has 3 aromatic rings. The molecule has 1 aliphatic carbocycles. The maximum atomic E-state index is 12.2. The Bertz CT molecular complexity index is 1220. The van der Waals surface area contributed by atoms with Crippen LogP contribution in [0.2, 0.25) is 18.1 Å². The number of halogens is 2. The van der Waals surface area contributed by atoms with Crippen molar-refractivity contribution in [1.29, 1.82) is 0 Å². The van der Waals surface area contributed by atoms with E-state index >= 15 is 0 Å². The molecule has 0 aromatic heterocycles. The number of ether oxygens (including phenoxy) is 3. The van der Waals surface area contributed by atoms with E-state index in [0.717, 1.165) is 16.7 Å². The van der Waals surface area contributed by atoms with Gasteiger partial charge >= 0.3 is 0 Å². The Morgan fingerprint density at radius 2 is 1.14 bits per heavy atom. The van der Waals surface area contributed by atoms with Gasteiger partial charge in [0.15, 0.2) is 8.32 Å². The zero-order valence-electron chi connectivity index (χ0n) is 25.2. The summed E-state index contributed by atoms with van der Waals surface area (Å²) in [5, 5.41) is 12.2. The standard InChI is InChI=1S/C34H44Cl2O5Si/c1-33(2,3)42(4,5)41-28-21-34(37,32(35)36)31(40-24-27-19-13-8-14-20-27)30(39-23-26-17-11-7-12-18-26)29(28)38-22-25-15-9-6-10-16-25/h6-20,28-32,37H,21-24H2,1-5H3/t28-,29-,30+,31-,34+/m1/s1. The highest BCUT2D eigenvalue weighted by Crippen LogP contribution is 2.45. The number of hydrogen-bond acceptors (Lipinski definition) is 5. The lowest BCUT2D eigenvalue weighted by Gasteiger charge is -2.53. The minimum Gasteiger partial charge on any atom is -0.411 e. The van der Waals surface area contributed by atoms with Crippen LogP contribution in [-0.4, -0.2) is 48.3 Å². The van der Waals surface area contributed by atoms with E-state index in [4.69, 9.17) is 41.8 Å². The summed E-state index contributed by atoms with van der Waals surface area (Å²) in [5.74, 6) is 0. The summed E-state index contributed by atoms with van der Waals surface area (Å²) in [4.78, 5) is -1.15. The minimum absolute atomic E-state index is 0.0719. The lowest BCUT2D eigenvalue weighted by Crippen LogP contribution is -2.68. The van der Waals surface area contributed by atoms with Crippen LogP contribution in [0.15, 0.2) is 91.0 Å². The van der Waals surface area contributed by atoms with Gasteiger partial charge in [0, 0.05) is 6.42 Å². The van der Waals surface area contributed by atoms with Crippen molar-refractivity contribution in [2.24, 2.45) is 0 Å². The fourth-order valence-electron chi connectivity index (χ4n) is 5.02. The number of hydrogen-bond donors (Lipinski definition) is 1. The minimum atomic E-state index is -2.32. The van der Waals surface area contributed by atoms with Crippen LogP contribution in [-0.2, 0) is 38.5 Å². The first kappa shape index (κ1) is 33.2. The molecule has 4 rings (SSSR count). The Balaban J connectivity index is 1.74. The predicted molar refractivity (Wildman–Crippen MR) is 172 cm³/mol. The molecular weight excluding hydrogens is 587 g/mol. The summed E-state index contributed by atoms with van der Waals surface area (Å²) in [6.45, 7) is 11.8. The van der Waals surface area contributed by atoms with Crippen molar-refractivity contribution in [3.8, 4) is 0 Å². The van der Waals surface area contributed by atoms with Gasteiger partial charge in [0.2, 0.25) is 0 Å². The van der Waals surface area contributed by atoms with Crippen molar-refractivity contribution in [3.63, 3.8) is 0 Å². The van der Waals surface area contributed by atoms with Gasteiger partial charge in [-0.2, -0.15) is 0 Å². The third kappa shape index (κ3) is 8.24. The second kappa shape index (κ2) is 14.4. The summed E-state index contributed by atoms with van der Waals surface area (Å²) in [7, 11) is -2.32. The topological polar surface area (TPSA) is 57.2 Å². The first-order valence-corrected chi connectivity index (χ1v) is 18.3. The highest BCUT2D eigenvalue weighted by Gasteiger charge is 2.59. The number of rotatable bonds is 12. The number of aliphatic hydroxyl groups is 1. The molecule has 8 heteroatoms. The van der Waals surface area contributed by atoms with Crippen molar-refractivity contribution < 1.29 is 23.7 Å². The third-order valence-electron chi connectivity index (χ3n) is 8.48. The first-order valence-electron chi connectivity index (χ1n) is 14.6. The number of alkyl halides is 2. The van der Waals surface area contributed by atoms with Crippen LogP contribution < -0.4 is 0 Å². The highest BCUT2D eigenvalue weighted by molar-refractivity contribution is 6.74. The average molecular weight is 632 g/mol. The van der Waals surface area contributed by atoms with Crippen molar-refractivity contribution >= 4 is 31.5 Å². The number of benzene rings is 3. The second-order valence-electron chi connectivity index (χ2n) is 12.7. The molecular formula is C34H44Cl2O5Si. The van der Waals surface area contributed by atoms with Crippen LogP contribution in [0.1, 0.15) is 43.9 Å². The molecule has 5 nitrogen and oxygen atoms in total. The maximum absolute atomic E-state index is 12.2. The largest absolute Gasteiger partial charge is 0.411 e. The Hall–Kier alpha value is -1.74. The van der Waals surface area contributed by atoms with E-state index in [-0.39, 0.29) is 18.1 Å². The van der Waals surface area contributed by atoms with Crippen molar-refractivity contribution in [1.82, 2.24) is 0 Å². The Kier molecular flexibility index (Phi) is 11.3. The van der Waals surface area contributed by atoms with Crippen LogP contribution >= 0.6 is 23.2 Å². The summed E-state index contributed by atoms with van der Waals surface area (Å²) in [6, 6.07) is 29.8. The molecule has 3 aromatic carbocycles. The monoisotopic (exact) mass is 630 g/mol. The van der Waals surface area contributed by atoms with Gasteiger partial charge in [0.25, 0.3) is 0 Å². The second-order valence-corrected chi connectivity index (χ2v) is 18.5. The highest BCUT2D eigenvalue weighted by atomic mass is 35.5. The molecule has 0 unspecified atom stereocenters. The molecule has 0 spiro atoms. The Morgan fingerprint density at radius 1 is 0.738 bits per heavy atom. The van der Waals surface area contributed by atoms with E-state index in [1.807, 2.05) is 91.0 Å². The molecule has 0 saturated heterocycles. The SMILES string of the molecule is CC(C)(C)[Si](C)(C)O[C@@H]1C[C@@](O)(C(Cl)Cl)[C@H](OCc2ccccc2)[C@@H](OCc2ccccc2)[C@@H]1OCc1ccccc1. The van der Waals surface area contributed by atoms with Gasteiger partial charge in [-0.15, -0.1) is 23.2 Å². The van der Waals surface area contributed by atoms with E-state index < -0.39 is 43.2 Å². The van der Waals surface area contributed by atoms with E-state index in [1.165, 1.54) is 0 Å². The van der Waals surface area contributed by atoms with Crippen LogP contribution in [0, 0.1) is 0 Å². The summed E-state index contributed by atoms with van der Waals surface area (Å²) in [5.41, 5.74) is 1.33. The lowest BCUT2D eigenvalue weighted by molar-refractivity contribution is -0.256. The summed E-state index contributed by atoms with van der Waals surface area (Å²) >= 11 is 13.2. The lowest BCUT2D eigenvalue weighted by atomic mass is 9.77. The van der Waals surface area contributed by atoms with E-state index in [0.29, 0.717) is 13.2 Å². The fraction of sp³-hybridized carbons (Fsp3) is 0.471. The molecule has 1 saturated carbocycles. The van der Waals surface area contributed by atoms with E-state index in [1.54, 1.807) is 0 Å².